The number of hydrogen-bond donors (Lipinski definition) is 1. The van der Waals surface area contributed by atoms with E-state index in [9.17, 15) is 9.90 Å². The van der Waals surface area contributed by atoms with Gasteiger partial charge in [0.25, 0.3) is 0 Å². The molecule has 8 heteroatoms. The lowest BCUT2D eigenvalue weighted by Gasteiger charge is -2.36. The largest absolute Gasteiger partial charge is 0.486 e. The van der Waals surface area contributed by atoms with Gasteiger partial charge in [-0.25, -0.2) is 4.79 Å². The predicted octanol–water partition coefficient (Wildman–Crippen LogP) is 2.39. The van der Waals surface area contributed by atoms with Crippen LogP contribution in [0.2, 0.25) is 0 Å². The van der Waals surface area contributed by atoms with Gasteiger partial charge in [0.2, 0.25) is 0 Å². The Hall–Kier alpha value is -2.50. The van der Waals surface area contributed by atoms with Crippen LogP contribution >= 0.6 is 0 Å². The molecule has 1 unspecified atom stereocenters. The molecule has 2 fully saturated rings. The Labute approximate surface area is 183 Å². The lowest BCUT2D eigenvalue weighted by molar-refractivity contribution is 0.00534. The third-order valence-corrected chi connectivity index (χ3v) is 6.53. The van der Waals surface area contributed by atoms with Crippen LogP contribution in [0.3, 0.4) is 0 Å². The summed E-state index contributed by atoms with van der Waals surface area (Å²) in [5.41, 5.74) is -0.401. The Morgan fingerprint density at radius 2 is 1.97 bits per heavy atom. The van der Waals surface area contributed by atoms with Crippen LogP contribution in [-0.2, 0) is 4.74 Å². The smallest absolute Gasteiger partial charge is 0.410 e. The van der Waals surface area contributed by atoms with Crippen molar-refractivity contribution >= 4 is 6.09 Å². The lowest BCUT2D eigenvalue weighted by atomic mass is 9.92. The first kappa shape index (κ1) is 21.7. The molecule has 0 bridgehead atoms. The van der Waals surface area contributed by atoms with Crippen LogP contribution in [0.5, 0.6) is 11.5 Å². The van der Waals surface area contributed by atoms with Crippen molar-refractivity contribution in [3.05, 3.63) is 23.8 Å². The highest BCUT2D eigenvalue weighted by Crippen LogP contribution is 2.33. The summed E-state index contributed by atoms with van der Waals surface area (Å²) in [5, 5.41) is 19.4. The molecule has 0 aliphatic carbocycles. The van der Waals surface area contributed by atoms with Gasteiger partial charge in [0.05, 0.1) is 23.3 Å². The molecule has 3 aliphatic heterocycles. The van der Waals surface area contributed by atoms with E-state index >= 15 is 0 Å². The Balaban J connectivity index is 1.22. The number of carbonyl (C=O) groups excluding carboxylic acids is 1. The fourth-order valence-electron chi connectivity index (χ4n) is 4.63. The van der Waals surface area contributed by atoms with Gasteiger partial charge in [0.1, 0.15) is 19.3 Å². The van der Waals surface area contributed by atoms with Gasteiger partial charge in [-0.3, -0.25) is 9.80 Å². The molecule has 4 rings (SSSR count). The molecule has 3 heterocycles. The SMILES string of the molecule is CC(C)(O)C1COC(=O)N1CCC1CCN(C[C@H]2COc3ccc(C#N)cc3O2)CC1. The number of nitrogens with zero attached hydrogens (tertiary/aromatic N) is 3. The number of cyclic esters (lactones) is 1. The Kier molecular flexibility index (Phi) is 6.26. The molecule has 2 saturated heterocycles. The van der Waals surface area contributed by atoms with E-state index in [0.717, 1.165) is 38.9 Å². The number of hydrogen-bond acceptors (Lipinski definition) is 7. The maximum absolute atomic E-state index is 12.0. The molecule has 0 saturated carbocycles. The molecule has 31 heavy (non-hydrogen) atoms. The summed E-state index contributed by atoms with van der Waals surface area (Å²) in [7, 11) is 0. The van der Waals surface area contributed by atoms with E-state index in [4.69, 9.17) is 19.5 Å². The highest BCUT2D eigenvalue weighted by molar-refractivity contribution is 5.70. The van der Waals surface area contributed by atoms with Crippen molar-refractivity contribution in [2.45, 2.75) is 50.9 Å². The molecule has 168 valence electrons. The zero-order chi connectivity index (χ0) is 22.0. The lowest BCUT2D eigenvalue weighted by Crippen LogP contribution is -2.49. The first-order chi connectivity index (χ1) is 14.8. The zero-order valence-corrected chi connectivity index (χ0v) is 18.2. The average molecular weight is 430 g/mol. The number of ether oxygens (including phenoxy) is 3. The highest BCUT2D eigenvalue weighted by Gasteiger charge is 2.42. The van der Waals surface area contributed by atoms with E-state index in [2.05, 4.69) is 11.0 Å². The van der Waals surface area contributed by atoms with Crippen LogP contribution < -0.4 is 9.47 Å². The van der Waals surface area contributed by atoms with E-state index in [-0.39, 0.29) is 24.8 Å². The minimum atomic E-state index is -0.968. The highest BCUT2D eigenvalue weighted by atomic mass is 16.6. The number of piperidine rings is 1. The maximum atomic E-state index is 12.0. The number of carbonyl (C=O) groups is 1. The molecule has 3 aliphatic rings. The average Bonchev–Trinajstić information content (AvgIpc) is 3.13. The Morgan fingerprint density at radius 1 is 1.19 bits per heavy atom. The van der Waals surface area contributed by atoms with Crippen molar-refractivity contribution in [3.63, 3.8) is 0 Å². The monoisotopic (exact) mass is 429 g/mol. The standard InChI is InChI=1S/C23H31N3O5/c1-23(2,28)21-15-30-22(27)26(21)10-7-16-5-8-25(9-6-16)13-18-14-29-19-4-3-17(12-24)11-20(19)31-18/h3-4,11,16,18,21,28H,5-10,13-15H2,1-2H3/t18-,21?/m0/s1. The van der Waals surface area contributed by atoms with Crippen molar-refractivity contribution in [1.29, 1.82) is 5.26 Å². The first-order valence-electron chi connectivity index (χ1n) is 11.0. The first-order valence-corrected chi connectivity index (χ1v) is 11.0. The quantitative estimate of drug-likeness (QED) is 0.742. The van der Waals surface area contributed by atoms with Gasteiger partial charge < -0.3 is 19.3 Å². The topological polar surface area (TPSA) is 95.3 Å². The van der Waals surface area contributed by atoms with Crippen molar-refractivity contribution in [1.82, 2.24) is 9.80 Å². The number of nitriles is 1. The fourth-order valence-corrected chi connectivity index (χ4v) is 4.63. The molecular formula is C23H31N3O5. The Morgan fingerprint density at radius 3 is 2.68 bits per heavy atom. The third kappa shape index (κ3) is 5.05. The summed E-state index contributed by atoms with van der Waals surface area (Å²) in [6, 6.07) is 7.10. The van der Waals surface area contributed by atoms with Crippen LogP contribution in [0.15, 0.2) is 18.2 Å². The van der Waals surface area contributed by atoms with Gasteiger partial charge in [-0.15, -0.1) is 0 Å². The number of likely N-dealkylation sites (tertiary alicyclic amines) is 1. The third-order valence-electron chi connectivity index (χ3n) is 6.53. The second kappa shape index (κ2) is 8.93. The minimum Gasteiger partial charge on any atom is -0.486 e. The van der Waals surface area contributed by atoms with Crippen LogP contribution in [0, 0.1) is 17.2 Å². The summed E-state index contributed by atoms with van der Waals surface area (Å²) in [4.78, 5) is 16.1. The molecule has 8 nitrogen and oxygen atoms in total. The molecule has 0 spiro atoms. The van der Waals surface area contributed by atoms with Crippen LogP contribution in [-0.4, -0.2) is 78.1 Å². The van der Waals surface area contributed by atoms with Crippen LogP contribution in [0.25, 0.3) is 0 Å². The summed E-state index contributed by atoms with van der Waals surface area (Å²) in [6.07, 6.45) is 2.68. The van der Waals surface area contributed by atoms with Crippen LogP contribution in [0.1, 0.15) is 38.7 Å². The summed E-state index contributed by atoms with van der Waals surface area (Å²) >= 11 is 0. The second-order valence-electron chi connectivity index (χ2n) is 9.30. The van der Waals surface area contributed by atoms with Crippen LogP contribution in [0.4, 0.5) is 4.79 Å². The van der Waals surface area contributed by atoms with E-state index in [1.807, 2.05) is 0 Å². The van der Waals surface area contributed by atoms with Gasteiger partial charge >= 0.3 is 6.09 Å². The molecule has 1 aromatic carbocycles. The summed E-state index contributed by atoms with van der Waals surface area (Å²) < 4.78 is 17.0. The molecule has 1 amide bonds. The summed E-state index contributed by atoms with van der Waals surface area (Å²) in [6.45, 7) is 7.59. The van der Waals surface area contributed by atoms with Gasteiger partial charge in [0.15, 0.2) is 11.5 Å². The van der Waals surface area contributed by atoms with Gasteiger partial charge in [-0.1, -0.05) is 0 Å². The number of fused-ring (bicyclic) bond motifs is 1. The normalized spacial score (nSPS) is 24.7. The molecule has 0 radical (unpaired) electrons. The number of benzene rings is 1. The fraction of sp³-hybridized carbons (Fsp3) is 0.652. The number of aliphatic hydroxyl groups is 1. The predicted molar refractivity (Wildman–Crippen MR) is 113 cm³/mol. The number of amides is 1. The Bertz CT molecular complexity index is 839. The van der Waals surface area contributed by atoms with Crippen molar-refractivity contribution in [3.8, 4) is 17.6 Å². The molecule has 1 aromatic rings. The molecule has 1 N–H and O–H groups in total. The summed E-state index contributed by atoms with van der Waals surface area (Å²) in [5.74, 6) is 1.89. The van der Waals surface area contributed by atoms with E-state index in [1.54, 1.807) is 36.9 Å². The zero-order valence-electron chi connectivity index (χ0n) is 18.2. The van der Waals surface area contributed by atoms with Gasteiger partial charge in [-0.2, -0.15) is 5.26 Å². The maximum Gasteiger partial charge on any atom is 0.410 e. The van der Waals surface area contributed by atoms with Crippen molar-refractivity contribution < 1.29 is 24.1 Å². The van der Waals surface area contributed by atoms with Crippen molar-refractivity contribution in [2.24, 2.45) is 5.92 Å². The second-order valence-corrected chi connectivity index (χ2v) is 9.30. The van der Waals surface area contributed by atoms with E-state index < -0.39 is 5.60 Å². The molecule has 0 aromatic heterocycles. The van der Waals surface area contributed by atoms with E-state index in [1.165, 1.54) is 0 Å². The minimum absolute atomic E-state index is 0.0510. The van der Waals surface area contributed by atoms with Crippen molar-refractivity contribution in [2.75, 3.05) is 39.4 Å². The number of rotatable bonds is 6. The van der Waals surface area contributed by atoms with E-state index in [0.29, 0.717) is 36.1 Å². The molecule has 2 atom stereocenters. The van der Waals surface area contributed by atoms with Gasteiger partial charge in [0, 0.05) is 19.2 Å². The van der Waals surface area contributed by atoms with Gasteiger partial charge in [-0.05, 0) is 64.3 Å². The molecular weight excluding hydrogens is 398 g/mol.